The van der Waals surface area contributed by atoms with Crippen molar-refractivity contribution in [2.45, 2.75) is 46.3 Å². The lowest BCUT2D eigenvalue weighted by Gasteiger charge is -2.31. The van der Waals surface area contributed by atoms with Gasteiger partial charge in [-0.05, 0) is 60.1 Å². The summed E-state index contributed by atoms with van der Waals surface area (Å²) in [4.78, 5) is 60.9. The number of anilines is 4. The van der Waals surface area contributed by atoms with Gasteiger partial charge in [-0.1, -0.05) is 13.8 Å². The van der Waals surface area contributed by atoms with Gasteiger partial charge in [-0.3, -0.25) is 24.3 Å². The van der Waals surface area contributed by atoms with Gasteiger partial charge in [0.25, 0.3) is 11.5 Å². The van der Waals surface area contributed by atoms with E-state index in [-0.39, 0.29) is 41.0 Å². The maximum Gasteiger partial charge on any atom is 0.276 e. The number of pyridine rings is 2. The highest BCUT2D eigenvalue weighted by atomic mass is 16.3. The van der Waals surface area contributed by atoms with Crippen LogP contribution in [0, 0.1) is 11.3 Å². The molecule has 3 N–H and O–H groups in total. The van der Waals surface area contributed by atoms with Crippen LogP contribution in [0.25, 0.3) is 11.1 Å². The number of carbonyl (C=O) groups is 2. The van der Waals surface area contributed by atoms with Crippen LogP contribution in [0.1, 0.15) is 47.6 Å². The van der Waals surface area contributed by atoms with Crippen LogP contribution in [0.15, 0.2) is 52.6 Å². The Morgan fingerprint density at radius 2 is 1.94 bits per heavy atom. The molecule has 0 saturated carbocycles. The molecule has 14 nitrogen and oxygen atoms in total. The third kappa shape index (κ3) is 6.15. The molecule has 3 aliphatic rings. The number of hydrogen-bond acceptors (Lipinski definition) is 10. The molecule has 50 heavy (non-hydrogen) atoms. The zero-order valence-corrected chi connectivity index (χ0v) is 28.8. The number of nitrogens with one attached hydrogen (secondary N) is 2. The summed E-state index contributed by atoms with van der Waals surface area (Å²) in [7, 11) is 3.32. The van der Waals surface area contributed by atoms with Crippen molar-refractivity contribution in [3.8, 4) is 11.1 Å². The van der Waals surface area contributed by atoms with Gasteiger partial charge < -0.3 is 29.8 Å². The largest absolute Gasteiger partial charge is 0.392 e. The second-order valence-corrected chi connectivity index (χ2v) is 14.0. The Morgan fingerprint density at radius 1 is 1.12 bits per heavy atom. The Hall–Kier alpha value is -5.37. The van der Waals surface area contributed by atoms with E-state index >= 15 is 0 Å². The molecule has 1 unspecified atom stereocenters. The summed E-state index contributed by atoms with van der Waals surface area (Å²) in [6.45, 7) is 6.74. The van der Waals surface area contributed by atoms with Gasteiger partial charge >= 0.3 is 0 Å². The number of aliphatic hydroxyl groups excluding tert-OH is 1. The van der Waals surface area contributed by atoms with Crippen LogP contribution in [0.5, 0.6) is 0 Å². The summed E-state index contributed by atoms with van der Waals surface area (Å²) in [5.41, 5.74) is 5.13. The summed E-state index contributed by atoms with van der Waals surface area (Å²) in [6, 6.07) is 7.20. The van der Waals surface area contributed by atoms with Gasteiger partial charge in [-0.15, -0.1) is 0 Å². The maximum absolute atomic E-state index is 13.9. The van der Waals surface area contributed by atoms with Crippen LogP contribution in [0.4, 0.5) is 23.3 Å². The number of aliphatic hydroxyl groups is 1. The number of aryl methyl sites for hydroxylation is 1. The van der Waals surface area contributed by atoms with E-state index in [4.69, 9.17) is 0 Å². The Balaban J connectivity index is 1.13. The average molecular weight is 679 g/mol. The zero-order chi connectivity index (χ0) is 35.2. The molecule has 1 saturated heterocycles. The van der Waals surface area contributed by atoms with Crippen LogP contribution < -0.4 is 26.0 Å². The smallest absolute Gasteiger partial charge is 0.276 e. The Bertz CT molecular complexity index is 2070. The van der Waals surface area contributed by atoms with Crippen LogP contribution in [-0.2, 0) is 37.8 Å². The molecule has 0 bridgehead atoms. The maximum atomic E-state index is 13.9. The van der Waals surface area contributed by atoms with Crippen LogP contribution >= 0.6 is 0 Å². The first-order chi connectivity index (χ1) is 24.1. The monoisotopic (exact) mass is 678 g/mol. The van der Waals surface area contributed by atoms with Crippen molar-refractivity contribution in [1.82, 2.24) is 29.4 Å². The Morgan fingerprint density at radius 3 is 2.74 bits per heavy atom. The summed E-state index contributed by atoms with van der Waals surface area (Å²) in [5, 5.41) is 16.7. The quantitative estimate of drug-likeness (QED) is 0.226. The van der Waals surface area contributed by atoms with Gasteiger partial charge in [0, 0.05) is 81.9 Å². The minimum Gasteiger partial charge on any atom is -0.392 e. The van der Waals surface area contributed by atoms with Gasteiger partial charge in [-0.25, -0.2) is 9.97 Å². The van der Waals surface area contributed by atoms with Crippen molar-refractivity contribution < 1.29 is 14.7 Å². The lowest BCUT2D eigenvalue weighted by atomic mass is 9.90. The zero-order valence-electron chi connectivity index (χ0n) is 28.8. The first-order valence-corrected chi connectivity index (χ1v) is 16.9. The number of rotatable bonds is 9. The van der Waals surface area contributed by atoms with E-state index in [1.807, 2.05) is 11.0 Å². The lowest BCUT2D eigenvalue weighted by Crippen LogP contribution is -2.41. The molecule has 6 heterocycles. The molecule has 1 aliphatic carbocycles. The van der Waals surface area contributed by atoms with Crippen LogP contribution in [0.2, 0.25) is 0 Å². The van der Waals surface area contributed by atoms with Crippen molar-refractivity contribution in [3.63, 3.8) is 0 Å². The fraction of sp³-hybridized carbons (Fsp3) is 0.417. The molecule has 4 aromatic rings. The summed E-state index contributed by atoms with van der Waals surface area (Å²) in [5.74, 6) is 0.931. The van der Waals surface area contributed by atoms with Crippen molar-refractivity contribution in [1.29, 1.82) is 0 Å². The number of nitrogens with zero attached hydrogens (tertiary/aromatic N) is 8. The highest BCUT2D eigenvalue weighted by Crippen LogP contribution is 2.40. The van der Waals surface area contributed by atoms with Crippen molar-refractivity contribution >= 4 is 41.3 Å². The first kappa shape index (κ1) is 33.1. The summed E-state index contributed by atoms with van der Waals surface area (Å²) >= 11 is 0. The number of carbonyl (C=O) groups excluding carboxylic acids is 2. The van der Waals surface area contributed by atoms with E-state index in [0.29, 0.717) is 79.1 Å². The predicted molar refractivity (Wildman–Crippen MR) is 191 cm³/mol. The second kappa shape index (κ2) is 13.2. The minimum atomic E-state index is -0.351. The topological polar surface area (TPSA) is 163 Å². The molecule has 260 valence electrons. The molecular formula is C36H42N10O4. The molecule has 0 radical (unpaired) electrons. The van der Waals surface area contributed by atoms with Crippen molar-refractivity contribution in [3.05, 3.63) is 75.7 Å². The Labute approximate surface area is 289 Å². The second-order valence-electron chi connectivity index (χ2n) is 14.0. The molecule has 2 aliphatic heterocycles. The van der Waals surface area contributed by atoms with Crippen molar-refractivity contribution in [2.75, 3.05) is 48.3 Å². The third-order valence-corrected chi connectivity index (χ3v) is 9.86. The van der Waals surface area contributed by atoms with Gasteiger partial charge in [0.15, 0.2) is 0 Å². The molecule has 7 rings (SSSR count). The minimum absolute atomic E-state index is 0.0322. The van der Waals surface area contributed by atoms with E-state index in [1.54, 1.807) is 62.0 Å². The van der Waals surface area contributed by atoms with E-state index in [0.717, 1.165) is 12.8 Å². The average Bonchev–Trinajstić information content (AvgIpc) is 3.80. The molecule has 0 aromatic carbocycles. The molecule has 4 aromatic heterocycles. The summed E-state index contributed by atoms with van der Waals surface area (Å²) < 4.78 is 3.62. The summed E-state index contributed by atoms with van der Waals surface area (Å²) in [6.07, 6.45) is 9.16. The molecule has 2 amide bonds. The van der Waals surface area contributed by atoms with E-state index in [1.165, 1.54) is 15.8 Å². The highest BCUT2D eigenvalue weighted by Gasteiger charge is 2.37. The van der Waals surface area contributed by atoms with E-state index in [2.05, 4.69) is 49.0 Å². The van der Waals surface area contributed by atoms with E-state index < -0.39 is 0 Å². The first-order valence-electron chi connectivity index (χ1n) is 16.9. The molecular weight excluding hydrogens is 636 g/mol. The van der Waals surface area contributed by atoms with Crippen LogP contribution in [0.3, 0.4) is 0 Å². The number of aromatic nitrogens is 5. The fourth-order valence-corrected chi connectivity index (χ4v) is 7.45. The highest BCUT2D eigenvalue weighted by molar-refractivity contribution is 6.06. The van der Waals surface area contributed by atoms with Gasteiger partial charge in [0.05, 0.1) is 19.1 Å². The number of aliphatic imine (C=N–C) groups is 1. The number of amides is 2. The van der Waals surface area contributed by atoms with Gasteiger partial charge in [-0.2, -0.15) is 4.98 Å². The molecule has 14 heteroatoms. The molecule has 0 spiro atoms. The number of hydrogen-bond donors (Lipinski definition) is 3. The predicted octanol–water partition coefficient (Wildman–Crippen LogP) is 2.70. The van der Waals surface area contributed by atoms with E-state index in [9.17, 15) is 19.5 Å². The molecule has 1 fully saturated rings. The Kier molecular flexibility index (Phi) is 8.72. The lowest BCUT2D eigenvalue weighted by molar-refractivity contribution is -0.124. The fourth-order valence-electron chi connectivity index (χ4n) is 7.45. The molecule has 1 atom stereocenters. The number of fused-ring (bicyclic) bond motifs is 3. The van der Waals surface area contributed by atoms with Gasteiger partial charge in [0.1, 0.15) is 23.0 Å². The van der Waals surface area contributed by atoms with Gasteiger partial charge in [0.2, 0.25) is 11.9 Å². The van der Waals surface area contributed by atoms with Crippen molar-refractivity contribution in [2.24, 2.45) is 23.4 Å². The normalized spacial score (nSPS) is 18.1. The standard InChI is InChI=1S/C36H42N10O4/c1-36(2)17-23-16-28-34(50)46(14-13-45(28)29(23)18-36)31-26(21-47)25(5-8-38-31)24-15-27(33(49)43(4)19-24)41-30-6-9-40-35(42-30)44-12-7-22(20-44)32(48)39-11-10-37-3/h5-6,8-10,15-16,19,22,47H,7,11-14,17-18,20-21H2,1-4H3,(H,39,48)(H,40,41,42). The van der Waals surface area contributed by atoms with Crippen LogP contribution in [-0.4, -0.2) is 80.4 Å². The SMILES string of the molecule is CN=CCNC(=O)C1CCN(c2nccc(Nc3cc(-c4ccnc(N5CCn6c(cc7c6CC(C)(C)C7)C5=O)c4CO)cn(C)c3=O)n2)C1. The third-order valence-electron chi connectivity index (χ3n) is 9.86.